The van der Waals surface area contributed by atoms with Crippen LogP contribution in [0.15, 0.2) is 42.1 Å². The molecule has 3 rings (SSSR count). The number of hydrogen-bond donors (Lipinski definition) is 1. The number of halogens is 2. The SMILES string of the molecule is COc1cc(/C=C2/NC(=O)N(Cc3ccccc3F)C2=O)cc(I)c1OC(C)C. The van der Waals surface area contributed by atoms with E-state index < -0.39 is 17.8 Å². The number of rotatable bonds is 6. The van der Waals surface area contributed by atoms with Gasteiger partial charge < -0.3 is 14.8 Å². The largest absolute Gasteiger partial charge is 0.493 e. The lowest BCUT2D eigenvalue weighted by Gasteiger charge is -2.16. The summed E-state index contributed by atoms with van der Waals surface area (Å²) in [7, 11) is 1.54. The highest BCUT2D eigenvalue weighted by Gasteiger charge is 2.34. The predicted molar refractivity (Wildman–Crippen MR) is 115 cm³/mol. The molecule has 0 saturated carbocycles. The quantitative estimate of drug-likeness (QED) is 0.357. The Morgan fingerprint density at radius 3 is 2.62 bits per heavy atom. The minimum absolute atomic E-state index is 0.0238. The lowest BCUT2D eigenvalue weighted by atomic mass is 10.1. The first-order chi connectivity index (χ1) is 13.8. The summed E-state index contributed by atoms with van der Waals surface area (Å²) in [6.45, 7) is 3.70. The highest BCUT2D eigenvalue weighted by atomic mass is 127. The molecule has 2 aromatic rings. The van der Waals surface area contributed by atoms with Gasteiger partial charge in [-0.3, -0.25) is 9.69 Å². The number of carbonyl (C=O) groups is 2. The molecule has 1 aliphatic rings. The summed E-state index contributed by atoms with van der Waals surface area (Å²) in [5, 5.41) is 2.55. The molecular weight excluding hydrogens is 490 g/mol. The molecule has 1 N–H and O–H groups in total. The molecular formula is C21H20FIN2O4. The molecule has 29 heavy (non-hydrogen) atoms. The van der Waals surface area contributed by atoms with Crippen LogP contribution in [0.1, 0.15) is 25.0 Å². The standard InChI is InChI=1S/C21H20FIN2O4/c1-12(2)29-19-16(23)8-13(10-18(19)28-3)9-17-20(26)25(21(27)24-17)11-14-6-4-5-7-15(14)22/h4-10,12H,11H2,1-3H3,(H,24,27)/b17-9+. The first-order valence-electron chi connectivity index (χ1n) is 8.92. The lowest BCUT2D eigenvalue weighted by Crippen LogP contribution is -2.30. The number of benzene rings is 2. The first kappa shape index (κ1) is 21.1. The van der Waals surface area contributed by atoms with Gasteiger partial charge in [-0.25, -0.2) is 9.18 Å². The molecule has 2 aromatic carbocycles. The maximum atomic E-state index is 13.9. The molecule has 0 bridgehead atoms. The van der Waals surface area contributed by atoms with Gasteiger partial charge in [0.1, 0.15) is 11.5 Å². The number of ether oxygens (including phenoxy) is 2. The minimum Gasteiger partial charge on any atom is -0.493 e. The molecule has 3 amide bonds. The van der Waals surface area contributed by atoms with E-state index in [2.05, 4.69) is 27.9 Å². The van der Waals surface area contributed by atoms with Crippen LogP contribution in [0.5, 0.6) is 11.5 Å². The smallest absolute Gasteiger partial charge is 0.329 e. The average Bonchev–Trinajstić information content (AvgIpc) is 2.92. The third-order valence-electron chi connectivity index (χ3n) is 4.16. The van der Waals surface area contributed by atoms with Crippen LogP contribution in [0.3, 0.4) is 0 Å². The molecule has 1 aliphatic heterocycles. The van der Waals surface area contributed by atoms with Gasteiger partial charge >= 0.3 is 6.03 Å². The van der Waals surface area contributed by atoms with E-state index in [-0.39, 0.29) is 23.9 Å². The van der Waals surface area contributed by atoms with E-state index in [1.165, 1.54) is 19.2 Å². The number of nitrogens with one attached hydrogen (secondary N) is 1. The maximum Gasteiger partial charge on any atom is 0.329 e. The van der Waals surface area contributed by atoms with Gasteiger partial charge in [0.15, 0.2) is 11.5 Å². The van der Waals surface area contributed by atoms with Crippen LogP contribution < -0.4 is 14.8 Å². The summed E-state index contributed by atoms with van der Waals surface area (Å²) in [6, 6.07) is 9.00. The Labute approximate surface area is 181 Å². The van der Waals surface area contributed by atoms with Gasteiger partial charge in [0.2, 0.25) is 0 Å². The number of hydrogen-bond acceptors (Lipinski definition) is 4. The predicted octanol–water partition coefficient (Wildman–Crippen LogP) is 4.32. The molecule has 0 unspecified atom stereocenters. The fraction of sp³-hybridized carbons (Fsp3) is 0.238. The van der Waals surface area contributed by atoms with Gasteiger partial charge in [0.05, 0.1) is 23.3 Å². The van der Waals surface area contributed by atoms with Crippen LogP contribution in [0.4, 0.5) is 9.18 Å². The van der Waals surface area contributed by atoms with Crippen LogP contribution in [-0.2, 0) is 11.3 Å². The Hall–Kier alpha value is -2.62. The number of imide groups is 1. The van der Waals surface area contributed by atoms with E-state index in [1.54, 1.807) is 24.3 Å². The van der Waals surface area contributed by atoms with E-state index >= 15 is 0 Å². The van der Waals surface area contributed by atoms with Gasteiger partial charge in [-0.05, 0) is 66.3 Å². The third-order valence-corrected chi connectivity index (χ3v) is 4.97. The zero-order chi connectivity index (χ0) is 21.1. The molecule has 0 spiro atoms. The van der Waals surface area contributed by atoms with Gasteiger partial charge in [0, 0.05) is 5.56 Å². The van der Waals surface area contributed by atoms with E-state index in [0.29, 0.717) is 17.1 Å². The van der Waals surface area contributed by atoms with Gasteiger partial charge in [-0.2, -0.15) is 0 Å². The Balaban J connectivity index is 1.87. The molecule has 152 valence electrons. The van der Waals surface area contributed by atoms with Crippen molar-refractivity contribution in [1.82, 2.24) is 10.2 Å². The molecule has 0 radical (unpaired) electrons. The maximum absolute atomic E-state index is 13.9. The van der Waals surface area contributed by atoms with E-state index in [1.807, 2.05) is 19.9 Å². The van der Waals surface area contributed by atoms with Crippen molar-refractivity contribution in [2.75, 3.05) is 7.11 Å². The second-order valence-corrected chi connectivity index (χ2v) is 7.83. The first-order valence-corrected chi connectivity index (χ1v) is 10.00. The molecule has 8 heteroatoms. The molecule has 1 fully saturated rings. The molecule has 0 aromatic heterocycles. The molecule has 6 nitrogen and oxygen atoms in total. The fourth-order valence-corrected chi connectivity index (χ4v) is 3.60. The number of urea groups is 1. The van der Waals surface area contributed by atoms with Gasteiger partial charge in [-0.1, -0.05) is 18.2 Å². The highest BCUT2D eigenvalue weighted by molar-refractivity contribution is 14.1. The lowest BCUT2D eigenvalue weighted by molar-refractivity contribution is -0.123. The Kier molecular flexibility index (Phi) is 6.41. The van der Waals surface area contributed by atoms with Gasteiger partial charge in [0.25, 0.3) is 5.91 Å². The summed E-state index contributed by atoms with van der Waals surface area (Å²) in [4.78, 5) is 25.9. The van der Waals surface area contributed by atoms with Crippen molar-refractivity contribution in [3.63, 3.8) is 0 Å². The molecule has 0 atom stereocenters. The van der Waals surface area contributed by atoms with E-state index in [9.17, 15) is 14.0 Å². The van der Waals surface area contributed by atoms with Crippen LogP contribution in [0.25, 0.3) is 6.08 Å². The second kappa shape index (κ2) is 8.81. The van der Waals surface area contributed by atoms with E-state index in [4.69, 9.17) is 9.47 Å². The van der Waals surface area contributed by atoms with Crippen LogP contribution in [-0.4, -0.2) is 30.1 Å². The van der Waals surface area contributed by atoms with Crippen LogP contribution >= 0.6 is 22.6 Å². The van der Waals surface area contributed by atoms with Crippen LogP contribution in [0, 0.1) is 9.39 Å². The van der Waals surface area contributed by atoms with Crippen molar-refractivity contribution >= 4 is 40.6 Å². The summed E-state index contributed by atoms with van der Waals surface area (Å²) >= 11 is 2.13. The number of nitrogens with zero attached hydrogens (tertiary/aromatic N) is 1. The Morgan fingerprint density at radius 2 is 1.97 bits per heavy atom. The summed E-state index contributed by atoms with van der Waals surface area (Å²) in [5.41, 5.74) is 1.05. The average molecular weight is 510 g/mol. The van der Waals surface area contributed by atoms with E-state index in [0.717, 1.165) is 8.47 Å². The summed E-state index contributed by atoms with van der Waals surface area (Å²) in [6.07, 6.45) is 1.54. The molecule has 1 heterocycles. The second-order valence-electron chi connectivity index (χ2n) is 6.67. The molecule has 0 aliphatic carbocycles. The zero-order valence-corrected chi connectivity index (χ0v) is 18.3. The van der Waals surface area contributed by atoms with Crippen molar-refractivity contribution in [1.29, 1.82) is 0 Å². The molecule has 1 saturated heterocycles. The highest BCUT2D eigenvalue weighted by Crippen LogP contribution is 2.35. The summed E-state index contributed by atoms with van der Waals surface area (Å²) in [5.74, 6) is 0.158. The Morgan fingerprint density at radius 1 is 1.24 bits per heavy atom. The van der Waals surface area contributed by atoms with Gasteiger partial charge in [-0.15, -0.1) is 0 Å². The van der Waals surface area contributed by atoms with Crippen molar-refractivity contribution in [2.45, 2.75) is 26.5 Å². The van der Waals surface area contributed by atoms with Crippen molar-refractivity contribution in [3.8, 4) is 11.5 Å². The monoisotopic (exact) mass is 510 g/mol. The number of amides is 3. The Bertz CT molecular complexity index is 991. The van der Waals surface area contributed by atoms with Crippen molar-refractivity contribution in [3.05, 3.63) is 62.6 Å². The summed E-state index contributed by atoms with van der Waals surface area (Å²) < 4.78 is 25.9. The minimum atomic E-state index is -0.592. The third kappa shape index (κ3) is 4.69. The van der Waals surface area contributed by atoms with Crippen LogP contribution in [0.2, 0.25) is 0 Å². The zero-order valence-electron chi connectivity index (χ0n) is 16.2. The number of methoxy groups -OCH3 is 1. The topological polar surface area (TPSA) is 67.9 Å². The van der Waals surface area contributed by atoms with Crippen molar-refractivity contribution < 1.29 is 23.5 Å². The van der Waals surface area contributed by atoms with Crippen molar-refractivity contribution in [2.24, 2.45) is 0 Å². The fourth-order valence-electron chi connectivity index (χ4n) is 2.85. The normalized spacial score (nSPS) is 15.2. The number of carbonyl (C=O) groups excluding carboxylic acids is 2.